The summed E-state index contributed by atoms with van der Waals surface area (Å²) >= 11 is 1.52. The summed E-state index contributed by atoms with van der Waals surface area (Å²) in [5, 5.41) is 6.83. The van der Waals surface area contributed by atoms with E-state index in [1.54, 1.807) is 0 Å². The molecular weight excluding hydrogens is 282 g/mol. The Hall–Kier alpha value is -1.17. The van der Waals surface area contributed by atoms with Gasteiger partial charge in [-0.3, -0.25) is 4.79 Å². The molecule has 102 valence electrons. The number of carbonyl (C=O) groups is 1. The van der Waals surface area contributed by atoms with Crippen molar-refractivity contribution in [3.63, 3.8) is 0 Å². The smallest absolute Gasteiger partial charge is 0.243 e. The number of piperidine rings is 1. The number of carbonyl (C=O) groups excluding carboxylic acids is 1. The molecule has 0 unspecified atom stereocenters. The van der Waals surface area contributed by atoms with Crippen LogP contribution < -0.4 is 10.6 Å². The Balaban J connectivity index is 0.00000133. The van der Waals surface area contributed by atoms with Gasteiger partial charge in [-0.1, -0.05) is 29.9 Å². The lowest BCUT2D eigenvalue weighted by Gasteiger charge is -2.21. The molecule has 1 aliphatic heterocycles. The molecule has 19 heavy (non-hydrogen) atoms. The van der Waals surface area contributed by atoms with Crippen LogP contribution in [0.3, 0.4) is 0 Å². The van der Waals surface area contributed by atoms with Crippen LogP contribution in [0.25, 0.3) is 10.2 Å². The van der Waals surface area contributed by atoms with Gasteiger partial charge in [0.05, 0.1) is 16.3 Å². The lowest BCUT2D eigenvalue weighted by atomic mass is 10.0. The van der Waals surface area contributed by atoms with Gasteiger partial charge in [-0.25, -0.2) is 4.98 Å². The van der Waals surface area contributed by atoms with E-state index in [0.717, 1.165) is 36.0 Å². The van der Waals surface area contributed by atoms with E-state index in [2.05, 4.69) is 15.6 Å². The summed E-state index contributed by atoms with van der Waals surface area (Å²) in [6.45, 7) is 0.929. The number of thiazole rings is 1. The van der Waals surface area contributed by atoms with Crippen molar-refractivity contribution in [2.45, 2.75) is 25.3 Å². The third kappa shape index (κ3) is 3.23. The van der Waals surface area contributed by atoms with Gasteiger partial charge in [0.25, 0.3) is 0 Å². The third-order valence-electron chi connectivity index (χ3n) is 3.15. The number of hydrogen-bond acceptors (Lipinski definition) is 4. The van der Waals surface area contributed by atoms with Crippen molar-refractivity contribution in [2.75, 3.05) is 11.9 Å². The molecule has 1 aromatic carbocycles. The first kappa shape index (κ1) is 14.2. The largest absolute Gasteiger partial charge is 0.306 e. The highest BCUT2D eigenvalue weighted by atomic mass is 35.5. The van der Waals surface area contributed by atoms with E-state index in [-0.39, 0.29) is 24.4 Å². The lowest BCUT2D eigenvalue weighted by Crippen LogP contribution is -2.43. The van der Waals surface area contributed by atoms with Crippen molar-refractivity contribution in [3.05, 3.63) is 24.3 Å². The predicted molar refractivity (Wildman–Crippen MR) is 81.1 cm³/mol. The zero-order valence-corrected chi connectivity index (χ0v) is 12.0. The number of rotatable bonds is 2. The molecule has 2 aromatic rings. The van der Waals surface area contributed by atoms with Gasteiger partial charge in [0.1, 0.15) is 0 Å². The summed E-state index contributed by atoms with van der Waals surface area (Å²) in [7, 11) is 0. The quantitative estimate of drug-likeness (QED) is 0.896. The topological polar surface area (TPSA) is 54.0 Å². The van der Waals surface area contributed by atoms with Crippen LogP contribution in [0.4, 0.5) is 5.13 Å². The minimum atomic E-state index is -0.0641. The fourth-order valence-corrected chi connectivity index (χ4v) is 3.06. The fraction of sp³-hybridized carbons (Fsp3) is 0.385. The average Bonchev–Trinajstić information content (AvgIpc) is 2.82. The van der Waals surface area contributed by atoms with Gasteiger partial charge in [0, 0.05) is 0 Å². The van der Waals surface area contributed by atoms with E-state index >= 15 is 0 Å². The number of hydrogen-bond donors (Lipinski definition) is 2. The van der Waals surface area contributed by atoms with Crippen LogP contribution in [-0.4, -0.2) is 23.5 Å². The number of para-hydroxylation sites is 1. The van der Waals surface area contributed by atoms with Crippen molar-refractivity contribution in [1.29, 1.82) is 0 Å². The Morgan fingerprint density at radius 3 is 2.95 bits per heavy atom. The van der Waals surface area contributed by atoms with Gasteiger partial charge in [-0.2, -0.15) is 0 Å². The highest BCUT2D eigenvalue weighted by Crippen LogP contribution is 2.25. The number of anilines is 1. The van der Waals surface area contributed by atoms with Crippen molar-refractivity contribution in [3.8, 4) is 0 Å². The molecule has 0 saturated carbocycles. The molecule has 1 aromatic heterocycles. The number of fused-ring (bicyclic) bond motifs is 1. The Morgan fingerprint density at radius 1 is 1.37 bits per heavy atom. The Labute approximate surface area is 122 Å². The highest BCUT2D eigenvalue weighted by molar-refractivity contribution is 7.22. The molecule has 2 heterocycles. The molecule has 3 rings (SSSR count). The molecule has 0 bridgehead atoms. The minimum Gasteiger partial charge on any atom is -0.306 e. The molecule has 0 aliphatic carbocycles. The fourth-order valence-electron chi connectivity index (χ4n) is 2.19. The zero-order valence-electron chi connectivity index (χ0n) is 10.4. The second kappa shape index (κ2) is 6.32. The monoisotopic (exact) mass is 297 g/mol. The van der Waals surface area contributed by atoms with Crippen LogP contribution in [0.1, 0.15) is 19.3 Å². The summed E-state index contributed by atoms with van der Waals surface area (Å²) in [4.78, 5) is 16.4. The normalized spacial score (nSPS) is 18.8. The van der Waals surface area contributed by atoms with Gasteiger partial charge in [-0.05, 0) is 31.5 Å². The maximum Gasteiger partial charge on any atom is 0.243 e. The van der Waals surface area contributed by atoms with Gasteiger partial charge in [-0.15, -0.1) is 12.4 Å². The van der Waals surface area contributed by atoms with Crippen molar-refractivity contribution >= 4 is 45.0 Å². The van der Waals surface area contributed by atoms with Crippen LogP contribution in [0.5, 0.6) is 0 Å². The van der Waals surface area contributed by atoms with E-state index in [1.165, 1.54) is 11.3 Å². The van der Waals surface area contributed by atoms with Crippen molar-refractivity contribution in [1.82, 2.24) is 10.3 Å². The zero-order chi connectivity index (χ0) is 12.4. The maximum atomic E-state index is 12.0. The Bertz CT molecular complexity index is 533. The molecule has 1 saturated heterocycles. The van der Waals surface area contributed by atoms with Crippen molar-refractivity contribution in [2.24, 2.45) is 0 Å². The number of benzene rings is 1. The maximum absolute atomic E-state index is 12.0. The Kier molecular flexibility index (Phi) is 4.74. The number of halogens is 1. The molecule has 4 nitrogen and oxygen atoms in total. The predicted octanol–water partition coefficient (Wildman–Crippen LogP) is 2.80. The summed E-state index contributed by atoms with van der Waals surface area (Å²) in [5.74, 6) is 0.0359. The molecule has 1 amide bonds. The van der Waals surface area contributed by atoms with Gasteiger partial charge in [0.15, 0.2) is 5.13 Å². The SMILES string of the molecule is Cl.O=C(Nc1nc2ccccc2s1)[C@H]1CCCCN1. The summed E-state index contributed by atoms with van der Waals surface area (Å²) < 4.78 is 1.10. The molecule has 0 radical (unpaired) electrons. The first-order valence-corrected chi connectivity index (χ1v) is 7.04. The van der Waals surface area contributed by atoms with Crippen LogP contribution in [0, 0.1) is 0 Å². The Morgan fingerprint density at radius 2 is 2.21 bits per heavy atom. The first-order valence-electron chi connectivity index (χ1n) is 6.23. The van der Waals surface area contributed by atoms with E-state index in [4.69, 9.17) is 0 Å². The van der Waals surface area contributed by atoms with E-state index < -0.39 is 0 Å². The second-order valence-electron chi connectivity index (χ2n) is 4.48. The summed E-state index contributed by atoms with van der Waals surface area (Å²) in [6.07, 6.45) is 3.19. The van der Waals surface area contributed by atoms with Crippen molar-refractivity contribution < 1.29 is 4.79 Å². The minimum absolute atomic E-state index is 0. The van der Waals surface area contributed by atoms with Gasteiger partial charge >= 0.3 is 0 Å². The second-order valence-corrected chi connectivity index (χ2v) is 5.51. The standard InChI is InChI=1S/C13H15N3OS.ClH/c17-12(10-6-3-4-8-14-10)16-13-15-9-5-1-2-7-11(9)18-13;/h1-2,5,7,10,14H,3-4,6,8H2,(H,15,16,17);1H/t10-;/m1./s1. The van der Waals surface area contributed by atoms with Crippen LogP contribution in [0.15, 0.2) is 24.3 Å². The summed E-state index contributed by atoms with van der Waals surface area (Å²) in [6, 6.07) is 7.85. The molecule has 2 N–H and O–H groups in total. The average molecular weight is 298 g/mol. The lowest BCUT2D eigenvalue weighted by molar-refractivity contribution is -0.118. The van der Waals surface area contributed by atoms with Gasteiger partial charge < -0.3 is 10.6 Å². The molecular formula is C13H16ClN3OS. The molecule has 1 aliphatic rings. The molecule has 6 heteroatoms. The first-order chi connectivity index (χ1) is 8.83. The van der Waals surface area contributed by atoms with E-state index in [0.29, 0.717) is 5.13 Å². The van der Waals surface area contributed by atoms with Gasteiger partial charge in [0.2, 0.25) is 5.91 Å². The van der Waals surface area contributed by atoms with Crippen LogP contribution in [0.2, 0.25) is 0 Å². The number of nitrogens with one attached hydrogen (secondary N) is 2. The summed E-state index contributed by atoms with van der Waals surface area (Å²) in [5.41, 5.74) is 0.939. The molecule has 1 atom stereocenters. The third-order valence-corrected chi connectivity index (χ3v) is 4.10. The van der Waals surface area contributed by atoms with E-state index in [9.17, 15) is 4.79 Å². The number of amides is 1. The number of aromatic nitrogens is 1. The van der Waals surface area contributed by atoms with E-state index in [1.807, 2.05) is 24.3 Å². The van der Waals surface area contributed by atoms with Crippen LogP contribution in [-0.2, 0) is 4.79 Å². The number of nitrogens with zero attached hydrogens (tertiary/aromatic N) is 1. The molecule has 0 spiro atoms. The molecule has 1 fully saturated rings. The highest BCUT2D eigenvalue weighted by Gasteiger charge is 2.21. The van der Waals surface area contributed by atoms with Crippen LogP contribution >= 0.6 is 23.7 Å².